The van der Waals surface area contributed by atoms with Crippen LogP contribution in [0.1, 0.15) is 43.4 Å². The van der Waals surface area contributed by atoms with E-state index in [1.165, 1.54) is 0 Å². The number of nitrogens with one attached hydrogen (secondary N) is 3. The number of aryl methyl sites for hydroxylation is 1. The Morgan fingerprint density at radius 1 is 1.25 bits per heavy atom. The Labute approximate surface area is 135 Å². The van der Waals surface area contributed by atoms with Gasteiger partial charge in [-0.3, -0.25) is 14.6 Å². The van der Waals surface area contributed by atoms with Gasteiger partial charge in [-0.05, 0) is 32.6 Å². The fourth-order valence-electron chi connectivity index (χ4n) is 3.08. The molecule has 0 spiro atoms. The van der Waals surface area contributed by atoms with Crippen molar-refractivity contribution in [3.05, 3.63) is 32.1 Å². The van der Waals surface area contributed by atoms with Gasteiger partial charge in [-0.2, -0.15) is 13.2 Å². The SMILES string of the molecule is Cc1[nH]c(=O)[nH]c(=O)c1CCC(=O)NC1CCCC(C(F)(F)F)C1. The average Bonchev–Trinajstić information content (AvgIpc) is 2.45. The molecule has 0 radical (unpaired) electrons. The Morgan fingerprint density at radius 2 is 1.96 bits per heavy atom. The molecule has 0 saturated heterocycles. The van der Waals surface area contributed by atoms with Crippen LogP contribution in [0.25, 0.3) is 0 Å². The first-order valence-electron chi connectivity index (χ1n) is 7.85. The summed E-state index contributed by atoms with van der Waals surface area (Å²) in [6.07, 6.45) is -3.20. The van der Waals surface area contributed by atoms with Crippen molar-refractivity contribution < 1.29 is 18.0 Å². The van der Waals surface area contributed by atoms with E-state index in [2.05, 4.69) is 15.3 Å². The minimum Gasteiger partial charge on any atom is -0.353 e. The van der Waals surface area contributed by atoms with Gasteiger partial charge in [-0.15, -0.1) is 0 Å². The number of H-pyrrole nitrogens is 2. The summed E-state index contributed by atoms with van der Waals surface area (Å²) in [7, 11) is 0. The molecule has 1 saturated carbocycles. The van der Waals surface area contributed by atoms with E-state index in [0.717, 1.165) is 0 Å². The van der Waals surface area contributed by atoms with E-state index < -0.39 is 35.3 Å². The molecule has 0 bridgehead atoms. The lowest BCUT2D eigenvalue weighted by Gasteiger charge is -2.31. The van der Waals surface area contributed by atoms with Crippen LogP contribution in [0, 0.1) is 12.8 Å². The van der Waals surface area contributed by atoms with Crippen molar-refractivity contribution in [2.24, 2.45) is 5.92 Å². The first-order valence-corrected chi connectivity index (χ1v) is 7.85. The van der Waals surface area contributed by atoms with Crippen molar-refractivity contribution >= 4 is 5.91 Å². The van der Waals surface area contributed by atoms with Crippen molar-refractivity contribution in [1.29, 1.82) is 0 Å². The molecular weight excluding hydrogens is 327 g/mol. The number of carbonyl (C=O) groups is 1. The molecular formula is C15H20F3N3O3. The van der Waals surface area contributed by atoms with Crippen molar-refractivity contribution in [1.82, 2.24) is 15.3 Å². The third kappa shape index (κ3) is 4.72. The molecule has 3 N–H and O–H groups in total. The number of amides is 1. The Kier molecular flexibility index (Phi) is 5.51. The molecule has 134 valence electrons. The van der Waals surface area contributed by atoms with Crippen LogP contribution < -0.4 is 16.6 Å². The van der Waals surface area contributed by atoms with Crippen molar-refractivity contribution in [2.45, 2.75) is 57.7 Å². The van der Waals surface area contributed by atoms with Crippen LogP contribution in [-0.4, -0.2) is 28.1 Å². The first-order chi connectivity index (χ1) is 11.2. The van der Waals surface area contributed by atoms with E-state index in [1.807, 2.05) is 0 Å². The van der Waals surface area contributed by atoms with E-state index in [1.54, 1.807) is 6.92 Å². The van der Waals surface area contributed by atoms with Crippen LogP contribution in [0.2, 0.25) is 0 Å². The zero-order valence-electron chi connectivity index (χ0n) is 13.3. The summed E-state index contributed by atoms with van der Waals surface area (Å²) >= 11 is 0. The maximum absolute atomic E-state index is 12.8. The quantitative estimate of drug-likeness (QED) is 0.771. The van der Waals surface area contributed by atoms with Crippen LogP contribution >= 0.6 is 0 Å². The first kappa shape index (κ1) is 18.3. The van der Waals surface area contributed by atoms with E-state index >= 15 is 0 Å². The molecule has 2 rings (SSSR count). The number of hydrogen-bond donors (Lipinski definition) is 3. The molecule has 9 heteroatoms. The molecule has 2 unspecified atom stereocenters. The van der Waals surface area contributed by atoms with Crippen LogP contribution in [0.5, 0.6) is 0 Å². The second-order valence-electron chi connectivity index (χ2n) is 6.18. The van der Waals surface area contributed by atoms with Crippen LogP contribution in [-0.2, 0) is 11.2 Å². The van der Waals surface area contributed by atoms with E-state index in [0.29, 0.717) is 24.1 Å². The molecule has 6 nitrogen and oxygen atoms in total. The van der Waals surface area contributed by atoms with Crippen LogP contribution in [0.4, 0.5) is 13.2 Å². The largest absolute Gasteiger partial charge is 0.391 e. The minimum absolute atomic E-state index is 0.0247. The van der Waals surface area contributed by atoms with Gasteiger partial charge in [0.1, 0.15) is 0 Å². The van der Waals surface area contributed by atoms with Crippen LogP contribution in [0.15, 0.2) is 9.59 Å². The second-order valence-corrected chi connectivity index (χ2v) is 6.18. The van der Waals surface area contributed by atoms with Gasteiger partial charge in [0.05, 0.1) is 5.92 Å². The molecule has 0 aliphatic heterocycles. The molecule has 1 heterocycles. The van der Waals surface area contributed by atoms with Gasteiger partial charge in [-0.1, -0.05) is 6.42 Å². The summed E-state index contributed by atoms with van der Waals surface area (Å²) in [5.41, 5.74) is -0.502. The summed E-state index contributed by atoms with van der Waals surface area (Å²) in [5.74, 6) is -1.77. The highest BCUT2D eigenvalue weighted by atomic mass is 19.4. The Morgan fingerprint density at radius 3 is 2.58 bits per heavy atom. The molecule has 1 aromatic heterocycles. The van der Waals surface area contributed by atoms with Crippen molar-refractivity contribution in [3.63, 3.8) is 0 Å². The monoisotopic (exact) mass is 347 g/mol. The smallest absolute Gasteiger partial charge is 0.353 e. The van der Waals surface area contributed by atoms with E-state index in [4.69, 9.17) is 0 Å². The molecule has 24 heavy (non-hydrogen) atoms. The summed E-state index contributed by atoms with van der Waals surface area (Å²) in [6, 6.07) is -0.493. The fourth-order valence-corrected chi connectivity index (χ4v) is 3.08. The van der Waals surface area contributed by atoms with Gasteiger partial charge in [0.2, 0.25) is 5.91 Å². The molecule has 0 aromatic carbocycles. The summed E-state index contributed by atoms with van der Waals surface area (Å²) in [6.45, 7) is 1.55. The van der Waals surface area contributed by atoms with Gasteiger partial charge >= 0.3 is 11.9 Å². The Balaban J connectivity index is 1.90. The fraction of sp³-hybridized carbons (Fsp3) is 0.667. The zero-order valence-corrected chi connectivity index (χ0v) is 13.3. The van der Waals surface area contributed by atoms with Crippen molar-refractivity contribution in [3.8, 4) is 0 Å². The van der Waals surface area contributed by atoms with Gasteiger partial charge in [0.25, 0.3) is 5.56 Å². The molecule has 1 aliphatic rings. The van der Waals surface area contributed by atoms with E-state index in [-0.39, 0.29) is 25.7 Å². The lowest BCUT2D eigenvalue weighted by atomic mass is 9.85. The average molecular weight is 347 g/mol. The second kappa shape index (κ2) is 7.23. The Bertz CT molecular complexity index is 708. The summed E-state index contributed by atoms with van der Waals surface area (Å²) in [5, 5.41) is 2.62. The highest BCUT2D eigenvalue weighted by Crippen LogP contribution is 2.37. The third-order valence-corrected chi connectivity index (χ3v) is 4.36. The molecule has 1 amide bonds. The van der Waals surface area contributed by atoms with E-state index in [9.17, 15) is 27.6 Å². The third-order valence-electron chi connectivity index (χ3n) is 4.36. The van der Waals surface area contributed by atoms with Crippen LogP contribution in [0.3, 0.4) is 0 Å². The predicted octanol–water partition coefficient (Wildman–Crippen LogP) is 1.54. The number of hydrogen-bond acceptors (Lipinski definition) is 3. The number of alkyl halides is 3. The summed E-state index contributed by atoms with van der Waals surface area (Å²) in [4.78, 5) is 39.3. The summed E-state index contributed by atoms with van der Waals surface area (Å²) < 4.78 is 38.3. The number of carbonyl (C=O) groups excluding carboxylic acids is 1. The van der Waals surface area contributed by atoms with Gasteiger partial charge in [-0.25, -0.2) is 4.79 Å². The molecule has 1 fully saturated rings. The highest BCUT2D eigenvalue weighted by Gasteiger charge is 2.42. The zero-order chi connectivity index (χ0) is 17.9. The standard InChI is InChI=1S/C15H20F3N3O3/c1-8-11(13(23)21-14(24)19-8)5-6-12(22)20-10-4-2-3-9(7-10)15(16,17)18/h9-10H,2-7H2,1H3,(H,20,22)(H2,19,21,23,24). The number of halogens is 3. The van der Waals surface area contributed by atoms with Gasteiger partial charge in [0, 0.05) is 23.7 Å². The molecule has 2 atom stereocenters. The Hall–Kier alpha value is -2.06. The maximum atomic E-state index is 12.8. The molecule has 1 aliphatic carbocycles. The highest BCUT2D eigenvalue weighted by molar-refractivity contribution is 5.76. The minimum atomic E-state index is -4.23. The van der Waals surface area contributed by atoms with Crippen molar-refractivity contribution in [2.75, 3.05) is 0 Å². The topological polar surface area (TPSA) is 94.8 Å². The number of aromatic amines is 2. The number of rotatable bonds is 4. The van der Waals surface area contributed by atoms with Gasteiger partial charge < -0.3 is 10.3 Å². The normalized spacial score (nSPS) is 21.5. The van der Waals surface area contributed by atoms with Gasteiger partial charge in [0.15, 0.2) is 0 Å². The maximum Gasteiger partial charge on any atom is 0.391 e. The predicted molar refractivity (Wildman–Crippen MR) is 80.7 cm³/mol. The number of aromatic nitrogens is 2. The molecule has 1 aromatic rings. The lowest BCUT2D eigenvalue weighted by molar-refractivity contribution is -0.184. The lowest BCUT2D eigenvalue weighted by Crippen LogP contribution is -2.41.